The topological polar surface area (TPSA) is 85.3 Å². The zero-order valence-corrected chi connectivity index (χ0v) is 12.5. The van der Waals surface area contributed by atoms with Gasteiger partial charge in [-0.25, -0.2) is 13.1 Å². The van der Waals surface area contributed by atoms with Crippen molar-refractivity contribution in [1.82, 2.24) is 4.72 Å². The molecule has 0 atom stereocenters. The van der Waals surface area contributed by atoms with Crippen molar-refractivity contribution < 1.29 is 12.8 Å². The zero-order valence-electron chi connectivity index (χ0n) is 11.7. The standard InChI is InChI=1S/C14H18N2O3S/c1-9-6-13(7-14(15)11(9)3)20(17,18)16-8-12-5-4-10(2)19-12/h4-7,16H,8,15H2,1-3H3. The molecule has 0 amide bonds. The Labute approximate surface area is 118 Å². The second-order valence-electron chi connectivity index (χ2n) is 4.79. The van der Waals surface area contributed by atoms with E-state index >= 15 is 0 Å². The third kappa shape index (κ3) is 3.02. The predicted molar refractivity (Wildman–Crippen MR) is 77.8 cm³/mol. The van der Waals surface area contributed by atoms with Crippen molar-refractivity contribution in [2.75, 3.05) is 5.73 Å². The Kier molecular flexibility index (Phi) is 3.87. The molecule has 0 aliphatic carbocycles. The Hall–Kier alpha value is -1.79. The van der Waals surface area contributed by atoms with E-state index in [1.807, 2.05) is 20.8 Å². The van der Waals surface area contributed by atoms with E-state index in [2.05, 4.69) is 4.72 Å². The van der Waals surface area contributed by atoms with Gasteiger partial charge in [0.15, 0.2) is 0 Å². The first-order chi connectivity index (χ1) is 9.29. The maximum Gasteiger partial charge on any atom is 0.241 e. The Morgan fingerprint density at radius 3 is 2.45 bits per heavy atom. The second kappa shape index (κ2) is 5.30. The number of nitrogen functional groups attached to an aromatic ring is 1. The summed E-state index contributed by atoms with van der Waals surface area (Å²) in [6, 6.07) is 6.61. The van der Waals surface area contributed by atoms with Crippen molar-refractivity contribution in [2.45, 2.75) is 32.2 Å². The van der Waals surface area contributed by atoms with E-state index in [0.29, 0.717) is 11.4 Å². The van der Waals surface area contributed by atoms with Gasteiger partial charge >= 0.3 is 0 Å². The summed E-state index contributed by atoms with van der Waals surface area (Å²) >= 11 is 0. The fourth-order valence-corrected chi connectivity index (χ4v) is 2.95. The molecule has 0 radical (unpaired) electrons. The number of nitrogens with two attached hydrogens (primary N) is 1. The van der Waals surface area contributed by atoms with E-state index in [4.69, 9.17) is 10.2 Å². The summed E-state index contributed by atoms with van der Waals surface area (Å²) in [7, 11) is -3.60. The number of aryl methyl sites for hydroxylation is 2. The van der Waals surface area contributed by atoms with Crippen LogP contribution in [-0.2, 0) is 16.6 Å². The number of anilines is 1. The summed E-state index contributed by atoms with van der Waals surface area (Å²) in [4.78, 5) is 0.168. The Bertz CT molecular complexity index is 710. The van der Waals surface area contributed by atoms with Gasteiger partial charge in [0.05, 0.1) is 11.4 Å². The lowest BCUT2D eigenvalue weighted by Gasteiger charge is -2.10. The molecule has 5 nitrogen and oxygen atoms in total. The van der Waals surface area contributed by atoms with E-state index in [0.717, 1.165) is 16.9 Å². The van der Waals surface area contributed by atoms with Gasteiger partial charge in [-0.1, -0.05) is 0 Å². The van der Waals surface area contributed by atoms with Gasteiger partial charge in [-0.2, -0.15) is 0 Å². The van der Waals surface area contributed by atoms with Gasteiger partial charge in [0.1, 0.15) is 11.5 Å². The maximum atomic E-state index is 12.2. The highest BCUT2D eigenvalue weighted by molar-refractivity contribution is 7.89. The summed E-state index contributed by atoms with van der Waals surface area (Å²) in [6.45, 7) is 5.62. The molecule has 2 rings (SSSR count). The number of hydrogen-bond acceptors (Lipinski definition) is 4. The molecule has 20 heavy (non-hydrogen) atoms. The minimum absolute atomic E-state index is 0.114. The van der Waals surface area contributed by atoms with Gasteiger partial charge in [0, 0.05) is 5.69 Å². The molecular formula is C14H18N2O3S. The summed E-state index contributed by atoms with van der Waals surface area (Å²) in [5.41, 5.74) is 8.03. The van der Waals surface area contributed by atoms with Crippen LogP contribution in [0.3, 0.4) is 0 Å². The average molecular weight is 294 g/mol. The highest BCUT2D eigenvalue weighted by Gasteiger charge is 2.16. The zero-order chi connectivity index (χ0) is 14.9. The minimum Gasteiger partial charge on any atom is -0.465 e. The van der Waals surface area contributed by atoms with E-state index in [9.17, 15) is 8.42 Å². The highest BCUT2D eigenvalue weighted by atomic mass is 32.2. The minimum atomic E-state index is -3.60. The smallest absolute Gasteiger partial charge is 0.241 e. The first-order valence-corrected chi connectivity index (χ1v) is 7.69. The van der Waals surface area contributed by atoms with Crippen LogP contribution in [0.2, 0.25) is 0 Å². The number of benzene rings is 1. The quantitative estimate of drug-likeness (QED) is 0.847. The lowest BCUT2D eigenvalue weighted by molar-refractivity contribution is 0.475. The van der Waals surface area contributed by atoms with Gasteiger partial charge in [-0.3, -0.25) is 0 Å². The molecule has 0 aliphatic heterocycles. The molecule has 0 aliphatic rings. The van der Waals surface area contributed by atoms with Gasteiger partial charge < -0.3 is 10.2 Å². The monoisotopic (exact) mass is 294 g/mol. The van der Waals surface area contributed by atoms with Crippen molar-refractivity contribution in [3.63, 3.8) is 0 Å². The summed E-state index contributed by atoms with van der Waals surface area (Å²) in [5.74, 6) is 1.32. The molecular weight excluding hydrogens is 276 g/mol. The van der Waals surface area contributed by atoms with Gasteiger partial charge in [-0.15, -0.1) is 0 Å². The van der Waals surface area contributed by atoms with Crippen LogP contribution in [-0.4, -0.2) is 8.42 Å². The largest absolute Gasteiger partial charge is 0.465 e. The second-order valence-corrected chi connectivity index (χ2v) is 6.56. The van der Waals surface area contributed by atoms with Crippen LogP contribution in [0.15, 0.2) is 33.6 Å². The molecule has 2 aromatic rings. The first kappa shape index (κ1) is 14.6. The van der Waals surface area contributed by atoms with Gasteiger partial charge in [-0.05, 0) is 56.2 Å². The van der Waals surface area contributed by atoms with Crippen LogP contribution in [0.25, 0.3) is 0 Å². The molecule has 1 heterocycles. The van der Waals surface area contributed by atoms with E-state index in [-0.39, 0.29) is 11.4 Å². The summed E-state index contributed by atoms with van der Waals surface area (Å²) in [5, 5.41) is 0. The molecule has 1 aromatic carbocycles. The molecule has 108 valence electrons. The van der Waals surface area contributed by atoms with Crippen LogP contribution in [0.4, 0.5) is 5.69 Å². The number of hydrogen-bond donors (Lipinski definition) is 2. The molecule has 0 fully saturated rings. The van der Waals surface area contributed by atoms with Crippen molar-refractivity contribution in [1.29, 1.82) is 0 Å². The van der Waals surface area contributed by atoms with Gasteiger partial charge in [0.2, 0.25) is 10.0 Å². The molecule has 3 N–H and O–H groups in total. The van der Waals surface area contributed by atoms with E-state index < -0.39 is 10.0 Å². The molecule has 0 saturated heterocycles. The molecule has 6 heteroatoms. The third-order valence-electron chi connectivity index (χ3n) is 3.22. The Morgan fingerprint density at radius 1 is 1.20 bits per heavy atom. The van der Waals surface area contributed by atoms with Crippen LogP contribution in [0.5, 0.6) is 0 Å². The van der Waals surface area contributed by atoms with Gasteiger partial charge in [0.25, 0.3) is 0 Å². The van der Waals surface area contributed by atoms with Crippen molar-refractivity contribution >= 4 is 15.7 Å². The van der Waals surface area contributed by atoms with Crippen LogP contribution < -0.4 is 10.5 Å². The van der Waals surface area contributed by atoms with Crippen molar-refractivity contribution in [3.8, 4) is 0 Å². The van der Waals surface area contributed by atoms with E-state index in [1.165, 1.54) is 6.07 Å². The molecule has 0 spiro atoms. The number of sulfonamides is 1. The van der Waals surface area contributed by atoms with Crippen molar-refractivity contribution in [2.24, 2.45) is 0 Å². The molecule has 0 bridgehead atoms. The van der Waals surface area contributed by atoms with E-state index in [1.54, 1.807) is 18.2 Å². The summed E-state index contributed by atoms with van der Waals surface area (Å²) in [6.07, 6.45) is 0. The first-order valence-electron chi connectivity index (χ1n) is 6.21. The number of rotatable bonds is 4. The molecule has 1 aromatic heterocycles. The average Bonchev–Trinajstić information content (AvgIpc) is 2.79. The van der Waals surface area contributed by atoms with Crippen LogP contribution >= 0.6 is 0 Å². The van der Waals surface area contributed by atoms with Crippen molar-refractivity contribution in [3.05, 3.63) is 46.9 Å². The lowest BCUT2D eigenvalue weighted by atomic mass is 10.1. The number of furan rings is 1. The Morgan fingerprint density at radius 2 is 1.90 bits per heavy atom. The fraction of sp³-hybridized carbons (Fsp3) is 0.286. The molecule has 0 unspecified atom stereocenters. The Balaban J connectivity index is 2.22. The summed E-state index contributed by atoms with van der Waals surface area (Å²) < 4.78 is 32.3. The number of nitrogens with one attached hydrogen (secondary N) is 1. The SMILES string of the molecule is Cc1ccc(CNS(=O)(=O)c2cc(C)c(C)c(N)c2)o1. The van der Waals surface area contributed by atoms with Crippen LogP contribution in [0.1, 0.15) is 22.6 Å². The third-order valence-corrected chi connectivity index (χ3v) is 4.60. The lowest BCUT2D eigenvalue weighted by Crippen LogP contribution is -2.23. The normalized spacial score (nSPS) is 11.8. The fourth-order valence-electron chi connectivity index (χ4n) is 1.84. The van der Waals surface area contributed by atoms with Crippen LogP contribution in [0, 0.1) is 20.8 Å². The maximum absolute atomic E-state index is 12.2. The highest BCUT2D eigenvalue weighted by Crippen LogP contribution is 2.21. The molecule has 0 saturated carbocycles. The predicted octanol–water partition coefficient (Wildman–Crippen LogP) is 2.27.